The third-order valence-electron chi connectivity index (χ3n) is 3.89. The highest BCUT2D eigenvalue weighted by Gasteiger charge is 2.31. The van der Waals surface area contributed by atoms with Crippen molar-refractivity contribution in [3.05, 3.63) is 0 Å². The van der Waals surface area contributed by atoms with Gasteiger partial charge in [0, 0.05) is 31.8 Å². The summed E-state index contributed by atoms with van der Waals surface area (Å²) in [5.41, 5.74) is 0. The topological polar surface area (TPSA) is 44.7 Å². The van der Waals surface area contributed by atoms with Gasteiger partial charge in [-0.2, -0.15) is 0 Å². The minimum Gasteiger partial charge on any atom is -0.389 e. The summed E-state index contributed by atoms with van der Waals surface area (Å²) in [6.07, 6.45) is 6.20. The van der Waals surface area contributed by atoms with Crippen LogP contribution in [0.25, 0.3) is 0 Å². The normalized spacial score (nSPS) is 26.5. The molecule has 2 N–H and O–H groups in total. The Labute approximate surface area is 111 Å². The number of piperidine rings is 1. The molecule has 18 heavy (non-hydrogen) atoms. The minimum atomic E-state index is -0.339. The second-order valence-electron chi connectivity index (χ2n) is 5.65. The lowest BCUT2D eigenvalue weighted by Crippen LogP contribution is -2.47. The number of ether oxygens (including phenoxy) is 1. The Kier molecular flexibility index (Phi) is 5.89. The van der Waals surface area contributed by atoms with Crippen LogP contribution in [-0.4, -0.2) is 61.0 Å². The van der Waals surface area contributed by atoms with Crippen molar-refractivity contribution in [2.75, 3.05) is 32.8 Å². The molecule has 0 aromatic heterocycles. The average molecular weight is 256 g/mol. The summed E-state index contributed by atoms with van der Waals surface area (Å²) in [6, 6.07) is 1.34. The van der Waals surface area contributed by atoms with Gasteiger partial charge in [0.1, 0.15) is 0 Å². The van der Waals surface area contributed by atoms with Crippen molar-refractivity contribution < 1.29 is 9.84 Å². The smallest absolute Gasteiger partial charge is 0.0900 e. The number of aliphatic hydroxyl groups excluding tert-OH is 1. The molecule has 0 amide bonds. The van der Waals surface area contributed by atoms with Crippen LogP contribution in [0.2, 0.25) is 0 Å². The van der Waals surface area contributed by atoms with E-state index in [1.165, 1.54) is 32.1 Å². The first kappa shape index (κ1) is 14.3. The lowest BCUT2D eigenvalue weighted by atomic mass is 10.0. The van der Waals surface area contributed by atoms with Gasteiger partial charge in [0.25, 0.3) is 0 Å². The Morgan fingerprint density at radius 3 is 2.78 bits per heavy atom. The highest BCUT2D eigenvalue weighted by molar-refractivity contribution is 4.88. The molecule has 0 radical (unpaired) electrons. The standard InChI is InChI=1S/C14H28N2O2/c1-2-18-11-14(17)10-16(13-6-7-13)9-12-5-3-4-8-15-12/h12-15,17H,2-11H2,1H3. The molecule has 106 valence electrons. The lowest BCUT2D eigenvalue weighted by molar-refractivity contribution is 0.0172. The van der Waals surface area contributed by atoms with E-state index in [0.717, 1.165) is 19.6 Å². The molecule has 1 saturated heterocycles. The first-order valence-electron chi connectivity index (χ1n) is 7.53. The third kappa shape index (κ3) is 4.84. The maximum atomic E-state index is 9.97. The third-order valence-corrected chi connectivity index (χ3v) is 3.89. The number of rotatable bonds is 8. The van der Waals surface area contributed by atoms with E-state index in [-0.39, 0.29) is 6.10 Å². The summed E-state index contributed by atoms with van der Waals surface area (Å²) in [5, 5.41) is 13.6. The molecule has 2 fully saturated rings. The molecular weight excluding hydrogens is 228 g/mol. The molecule has 2 rings (SSSR count). The molecule has 1 aliphatic carbocycles. The molecular formula is C14H28N2O2. The molecule has 2 atom stereocenters. The van der Waals surface area contributed by atoms with Crippen LogP contribution in [0.15, 0.2) is 0 Å². The summed E-state index contributed by atoms with van der Waals surface area (Å²) in [5.74, 6) is 0. The molecule has 0 aromatic rings. The fourth-order valence-corrected chi connectivity index (χ4v) is 2.75. The molecule has 2 unspecified atom stereocenters. The number of hydrogen-bond donors (Lipinski definition) is 2. The van der Waals surface area contributed by atoms with E-state index < -0.39 is 0 Å². The van der Waals surface area contributed by atoms with E-state index in [4.69, 9.17) is 4.74 Å². The summed E-state index contributed by atoms with van der Waals surface area (Å²) < 4.78 is 5.29. The van der Waals surface area contributed by atoms with E-state index in [1.54, 1.807) is 0 Å². The quantitative estimate of drug-likeness (QED) is 0.680. The van der Waals surface area contributed by atoms with E-state index in [1.807, 2.05) is 6.92 Å². The summed E-state index contributed by atoms with van der Waals surface area (Å²) in [6.45, 7) is 6.14. The first-order valence-corrected chi connectivity index (χ1v) is 7.53. The van der Waals surface area contributed by atoms with Gasteiger partial charge in [0.15, 0.2) is 0 Å². The maximum absolute atomic E-state index is 9.97. The maximum Gasteiger partial charge on any atom is 0.0900 e. The Bertz CT molecular complexity index is 228. The van der Waals surface area contributed by atoms with E-state index in [0.29, 0.717) is 25.3 Å². The van der Waals surface area contributed by atoms with Crippen LogP contribution in [0.4, 0.5) is 0 Å². The average Bonchev–Trinajstić information content (AvgIpc) is 3.21. The fourth-order valence-electron chi connectivity index (χ4n) is 2.75. The van der Waals surface area contributed by atoms with Crippen LogP contribution >= 0.6 is 0 Å². The Hall–Kier alpha value is -0.160. The van der Waals surface area contributed by atoms with E-state index in [9.17, 15) is 5.11 Å². The molecule has 0 spiro atoms. The van der Waals surface area contributed by atoms with Crippen LogP contribution < -0.4 is 5.32 Å². The van der Waals surface area contributed by atoms with Crippen LogP contribution in [-0.2, 0) is 4.74 Å². The second-order valence-corrected chi connectivity index (χ2v) is 5.65. The molecule has 1 saturated carbocycles. The van der Waals surface area contributed by atoms with Gasteiger partial charge >= 0.3 is 0 Å². The van der Waals surface area contributed by atoms with Crippen molar-refractivity contribution in [1.82, 2.24) is 10.2 Å². The predicted molar refractivity (Wildman–Crippen MR) is 72.7 cm³/mol. The Balaban J connectivity index is 1.72. The zero-order valence-electron chi connectivity index (χ0n) is 11.6. The zero-order chi connectivity index (χ0) is 12.8. The van der Waals surface area contributed by atoms with Crippen molar-refractivity contribution in [2.24, 2.45) is 0 Å². The molecule has 2 aliphatic rings. The first-order chi connectivity index (χ1) is 8.79. The molecule has 1 heterocycles. The van der Waals surface area contributed by atoms with Crippen molar-refractivity contribution in [2.45, 2.75) is 57.2 Å². The van der Waals surface area contributed by atoms with E-state index in [2.05, 4.69) is 10.2 Å². The second kappa shape index (κ2) is 7.43. The number of aliphatic hydroxyl groups is 1. The van der Waals surface area contributed by atoms with Gasteiger partial charge in [-0.25, -0.2) is 0 Å². The number of nitrogens with zero attached hydrogens (tertiary/aromatic N) is 1. The summed E-state index contributed by atoms with van der Waals surface area (Å²) >= 11 is 0. The monoisotopic (exact) mass is 256 g/mol. The minimum absolute atomic E-state index is 0.339. The van der Waals surface area contributed by atoms with Crippen molar-refractivity contribution in [3.8, 4) is 0 Å². The summed E-state index contributed by atoms with van der Waals surface area (Å²) in [7, 11) is 0. The molecule has 1 aliphatic heterocycles. The largest absolute Gasteiger partial charge is 0.389 e. The van der Waals surface area contributed by atoms with Gasteiger partial charge < -0.3 is 15.2 Å². The highest BCUT2D eigenvalue weighted by Crippen LogP contribution is 2.27. The van der Waals surface area contributed by atoms with Crippen LogP contribution in [0.3, 0.4) is 0 Å². The molecule has 0 aromatic carbocycles. The fraction of sp³-hybridized carbons (Fsp3) is 1.00. The van der Waals surface area contributed by atoms with Gasteiger partial charge in [-0.3, -0.25) is 4.90 Å². The SMILES string of the molecule is CCOCC(O)CN(CC1CCCCN1)C1CC1. The van der Waals surface area contributed by atoms with Gasteiger partial charge in [0.2, 0.25) is 0 Å². The number of nitrogens with one attached hydrogen (secondary N) is 1. The summed E-state index contributed by atoms with van der Waals surface area (Å²) in [4.78, 5) is 2.46. The predicted octanol–water partition coefficient (Wildman–Crippen LogP) is 0.990. The van der Waals surface area contributed by atoms with Crippen LogP contribution in [0.5, 0.6) is 0 Å². The Morgan fingerprint density at radius 2 is 2.17 bits per heavy atom. The van der Waals surface area contributed by atoms with Gasteiger partial charge in [-0.15, -0.1) is 0 Å². The van der Waals surface area contributed by atoms with Gasteiger partial charge in [-0.05, 0) is 39.2 Å². The van der Waals surface area contributed by atoms with Gasteiger partial charge in [0.05, 0.1) is 12.7 Å². The van der Waals surface area contributed by atoms with Crippen molar-refractivity contribution in [3.63, 3.8) is 0 Å². The molecule has 0 bridgehead atoms. The van der Waals surface area contributed by atoms with Gasteiger partial charge in [-0.1, -0.05) is 6.42 Å². The number of hydrogen-bond acceptors (Lipinski definition) is 4. The zero-order valence-corrected chi connectivity index (χ0v) is 11.6. The van der Waals surface area contributed by atoms with E-state index >= 15 is 0 Å². The Morgan fingerprint density at radius 1 is 1.33 bits per heavy atom. The molecule has 4 nitrogen and oxygen atoms in total. The van der Waals surface area contributed by atoms with Crippen molar-refractivity contribution in [1.29, 1.82) is 0 Å². The molecule has 4 heteroatoms. The lowest BCUT2D eigenvalue weighted by Gasteiger charge is -2.31. The van der Waals surface area contributed by atoms with Crippen LogP contribution in [0, 0.1) is 0 Å². The van der Waals surface area contributed by atoms with Crippen molar-refractivity contribution >= 4 is 0 Å². The van der Waals surface area contributed by atoms with Crippen LogP contribution in [0.1, 0.15) is 39.0 Å². The highest BCUT2D eigenvalue weighted by atomic mass is 16.5.